The van der Waals surface area contributed by atoms with E-state index < -0.39 is 6.04 Å². The van der Waals surface area contributed by atoms with Crippen molar-refractivity contribution in [3.05, 3.63) is 42.6 Å². The van der Waals surface area contributed by atoms with Crippen LogP contribution < -0.4 is 0 Å². The average Bonchev–Trinajstić information content (AvgIpc) is 2.22. The minimum absolute atomic E-state index is 0. The van der Waals surface area contributed by atoms with E-state index >= 15 is 0 Å². The molecular weight excluding hydrogens is 268 g/mol. The van der Waals surface area contributed by atoms with Crippen molar-refractivity contribution in [3.8, 4) is 0 Å². The molecule has 0 N–H and O–H groups in total. The van der Waals surface area contributed by atoms with E-state index in [1.54, 1.807) is 13.8 Å². The van der Waals surface area contributed by atoms with Crippen LogP contribution in [0.4, 0.5) is 5.69 Å². The van der Waals surface area contributed by atoms with Crippen LogP contribution in [-0.2, 0) is 29.0 Å². The molecule has 4 heteroatoms. The van der Waals surface area contributed by atoms with Crippen LogP contribution in [0.15, 0.2) is 24.3 Å². The van der Waals surface area contributed by atoms with Crippen LogP contribution in [0.5, 0.6) is 0 Å². The molecule has 17 heavy (non-hydrogen) atoms. The molecule has 3 nitrogen and oxygen atoms in total. The molecule has 1 aromatic carbocycles. The molecule has 0 aliphatic rings. The summed E-state index contributed by atoms with van der Waals surface area (Å²) in [5.74, 6) is -0.280. The molecule has 1 aromatic rings. The summed E-state index contributed by atoms with van der Waals surface area (Å²) in [6.45, 7) is 5.93. The van der Waals surface area contributed by atoms with Gasteiger partial charge in [0.25, 0.3) is 5.97 Å². The molecule has 0 saturated carbocycles. The van der Waals surface area contributed by atoms with Crippen molar-refractivity contribution in [2.24, 2.45) is 0 Å². The molecule has 1 unspecified atom stereocenters. The fraction of sp³-hybridized carbons (Fsp3) is 0.385. The fourth-order valence-electron chi connectivity index (χ4n) is 1.17. The molecule has 0 radical (unpaired) electrons. The zero-order valence-electron chi connectivity index (χ0n) is 11.1. The smallest absolute Gasteiger partial charge is 0.673 e. The quantitative estimate of drug-likeness (QED) is 0.483. The normalized spacial score (nSPS) is 10.5. The zero-order chi connectivity index (χ0) is 11.3. The second-order valence-electron chi connectivity index (χ2n) is 3.39. The van der Waals surface area contributed by atoms with Gasteiger partial charge in [0.05, 0.1) is 6.61 Å². The summed E-state index contributed by atoms with van der Waals surface area (Å²) in [4.78, 5) is 11.3. The molecule has 1 atom stereocenters. The minimum atomic E-state index is -0.437. The van der Waals surface area contributed by atoms with Gasteiger partial charge in [-0.3, -0.25) is 4.79 Å². The van der Waals surface area contributed by atoms with Gasteiger partial charge < -0.3 is 17.5 Å². The summed E-state index contributed by atoms with van der Waals surface area (Å²) < 4.78 is 4.87. The number of ether oxygens (including phenoxy) is 1. The van der Waals surface area contributed by atoms with E-state index in [9.17, 15) is 4.79 Å². The third-order valence-corrected chi connectivity index (χ3v) is 2.00. The van der Waals surface area contributed by atoms with Gasteiger partial charge in [-0.25, -0.2) is 0 Å². The summed E-state index contributed by atoms with van der Waals surface area (Å²) in [5, 5.41) is 4.24. The third-order valence-electron chi connectivity index (χ3n) is 2.00. The number of nitrogens with zero attached hydrogens (tertiary/aromatic N) is 1. The Bertz CT molecular complexity index is 325. The van der Waals surface area contributed by atoms with Crippen LogP contribution in [-0.4, -0.2) is 18.6 Å². The van der Waals surface area contributed by atoms with Crippen molar-refractivity contribution in [2.75, 3.05) is 6.61 Å². The van der Waals surface area contributed by atoms with Crippen molar-refractivity contribution >= 4 is 11.7 Å². The molecule has 1 rings (SSSR count). The van der Waals surface area contributed by atoms with Gasteiger partial charge in [0.2, 0.25) is 0 Å². The Hall–Kier alpha value is -0.887. The van der Waals surface area contributed by atoms with E-state index in [1.165, 1.54) is 5.56 Å². The van der Waals surface area contributed by atoms with Gasteiger partial charge in [0.15, 0.2) is 0 Å². The first-order chi connectivity index (χ1) is 7.13. The number of esters is 1. The van der Waals surface area contributed by atoms with Crippen LogP contribution in [0.3, 0.4) is 0 Å². The van der Waals surface area contributed by atoms with Crippen molar-refractivity contribution in [3.63, 3.8) is 0 Å². The van der Waals surface area contributed by atoms with E-state index in [1.807, 2.05) is 31.2 Å². The molecule has 0 spiro atoms. The van der Waals surface area contributed by atoms with Crippen molar-refractivity contribution in [1.82, 2.24) is 0 Å². The van der Waals surface area contributed by atoms with E-state index in [0.717, 1.165) is 5.69 Å². The van der Waals surface area contributed by atoms with Gasteiger partial charge in [-0.1, -0.05) is 36.8 Å². The van der Waals surface area contributed by atoms with Gasteiger partial charge in [-0.2, -0.15) is 0 Å². The summed E-state index contributed by atoms with van der Waals surface area (Å²) in [6.07, 6.45) is 0. The monoisotopic (exact) mass is 285 g/mol. The van der Waals surface area contributed by atoms with Crippen LogP contribution >= 0.6 is 0 Å². The molecule has 0 aliphatic carbocycles. The van der Waals surface area contributed by atoms with E-state index in [0.29, 0.717) is 6.61 Å². The molecule has 0 bridgehead atoms. The number of carbonyl (C=O) groups excluding carboxylic acids is 1. The minimum Gasteiger partial charge on any atom is -0.673 e. The number of hydrogen-bond donors (Lipinski definition) is 0. The average molecular weight is 287 g/mol. The molecule has 0 aromatic heterocycles. The topological polar surface area (TPSA) is 40.4 Å². The standard InChI is InChI=1S/C12H16NO2.CH3.Zn/c1-4-15-12(14)10(3)13-11-7-5-9(2)6-8-11;;/h5-8,10H,4H2,1-3H3;1H3;/q2*-1;+2. The Kier molecular flexibility index (Phi) is 9.97. The molecule has 90 valence electrons. The van der Waals surface area contributed by atoms with Crippen LogP contribution in [0.1, 0.15) is 19.4 Å². The largest absolute Gasteiger partial charge is 2.00 e. The maximum Gasteiger partial charge on any atom is 2.00 e. The predicted octanol–water partition coefficient (Wildman–Crippen LogP) is 3.40. The van der Waals surface area contributed by atoms with E-state index in [-0.39, 0.29) is 32.9 Å². The molecular formula is C13H19NO2Zn. The van der Waals surface area contributed by atoms with Gasteiger partial charge in [-0.15, -0.1) is 5.69 Å². The van der Waals surface area contributed by atoms with Gasteiger partial charge in [0, 0.05) is 0 Å². The Morgan fingerprint density at radius 3 is 2.35 bits per heavy atom. The molecule has 0 amide bonds. The van der Waals surface area contributed by atoms with Crippen LogP contribution in [0.2, 0.25) is 0 Å². The van der Waals surface area contributed by atoms with Crippen LogP contribution in [0.25, 0.3) is 5.32 Å². The molecule has 0 saturated heterocycles. The summed E-state index contributed by atoms with van der Waals surface area (Å²) >= 11 is 0. The molecule has 0 fully saturated rings. The summed E-state index contributed by atoms with van der Waals surface area (Å²) in [6, 6.07) is 7.29. The SMILES string of the molecule is CCOC(=O)C(C)[N-]c1ccc(C)cc1.[CH3-].[Zn+2]. The number of carbonyl (C=O) groups is 1. The first-order valence-corrected chi connectivity index (χ1v) is 5.07. The van der Waals surface area contributed by atoms with Crippen LogP contribution in [0, 0.1) is 14.4 Å². The van der Waals surface area contributed by atoms with Gasteiger partial charge in [0.1, 0.15) is 0 Å². The Labute approximate surface area is 117 Å². The Morgan fingerprint density at radius 2 is 1.88 bits per heavy atom. The van der Waals surface area contributed by atoms with Crippen molar-refractivity contribution < 1.29 is 29.0 Å². The van der Waals surface area contributed by atoms with E-state index in [2.05, 4.69) is 5.32 Å². The summed E-state index contributed by atoms with van der Waals surface area (Å²) in [7, 11) is 0. The number of aryl methyl sites for hydroxylation is 1. The number of rotatable bonds is 4. The Morgan fingerprint density at radius 1 is 1.35 bits per heavy atom. The first-order valence-electron chi connectivity index (χ1n) is 5.07. The fourth-order valence-corrected chi connectivity index (χ4v) is 1.17. The molecule has 0 aliphatic heterocycles. The second kappa shape index (κ2) is 9.18. The second-order valence-corrected chi connectivity index (χ2v) is 3.39. The van der Waals surface area contributed by atoms with Gasteiger partial charge >= 0.3 is 19.5 Å². The first kappa shape index (κ1) is 18.5. The van der Waals surface area contributed by atoms with Crippen molar-refractivity contribution in [1.29, 1.82) is 0 Å². The summed E-state index contributed by atoms with van der Waals surface area (Å²) in [5.41, 5.74) is 1.99. The number of hydrogen-bond acceptors (Lipinski definition) is 2. The predicted molar refractivity (Wildman–Crippen MR) is 66.7 cm³/mol. The van der Waals surface area contributed by atoms with E-state index in [4.69, 9.17) is 4.74 Å². The number of benzene rings is 1. The zero-order valence-corrected chi connectivity index (χ0v) is 14.0. The maximum absolute atomic E-state index is 11.3. The third kappa shape index (κ3) is 6.42. The molecule has 0 heterocycles. The Balaban J connectivity index is 0. The maximum atomic E-state index is 11.3. The van der Waals surface area contributed by atoms with Crippen molar-refractivity contribution in [2.45, 2.75) is 26.8 Å². The van der Waals surface area contributed by atoms with Gasteiger partial charge in [-0.05, 0) is 19.9 Å².